The van der Waals surface area contributed by atoms with Gasteiger partial charge in [-0.05, 0) is 24.3 Å². The Kier molecular flexibility index (Phi) is 13.1. The molecule has 7 nitrogen and oxygen atoms in total. The topological polar surface area (TPSA) is 125 Å². The molecule has 1 rings (SSSR count). The third-order valence-corrected chi connectivity index (χ3v) is 4.27. The number of benzene rings is 1. The lowest BCUT2D eigenvalue weighted by molar-refractivity contribution is -0.159. The van der Waals surface area contributed by atoms with Crippen molar-refractivity contribution in [1.29, 1.82) is 10.5 Å². The lowest BCUT2D eigenvalue weighted by atomic mass is 10.3. The minimum absolute atomic E-state index is 0.522. The molecule has 2 N–H and O–H groups in total. The summed E-state index contributed by atoms with van der Waals surface area (Å²) in [6.45, 7) is 2.41. The van der Waals surface area contributed by atoms with E-state index in [-0.39, 0.29) is 0 Å². The van der Waals surface area contributed by atoms with Crippen LogP contribution in [0.5, 0.6) is 0 Å². The van der Waals surface area contributed by atoms with Crippen molar-refractivity contribution in [2.24, 2.45) is 0 Å². The molecule has 0 spiro atoms. The minimum Gasteiger partial charge on any atom is -0.473 e. The number of carbonyl (C=O) groups is 2. The number of aliphatic carboxylic acids is 2. The van der Waals surface area contributed by atoms with Gasteiger partial charge in [0, 0.05) is 47.6 Å². The predicted octanol–water partition coefficient (Wildman–Crippen LogP) is 2.83. The first-order chi connectivity index (χ1) is 11.9. The zero-order valence-corrected chi connectivity index (χ0v) is 15.8. The standard InChI is InChI=1S/C14H16BrN3S.C2H2O4/c15-13-3-5-14(6-4-13)19-12-11-18(9-1-7-16)10-2-8-17;3-1(4)2(5)6/h3-6H,1-2,9-12H2;(H,3,4)(H,5,6). The molecule has 0 bridgehead atoms. The fourth-order valence-corrected chi connectivity index (χ4v) is 2.75. The summed E-state index contributed by atoms with van der Waals surface area (Å²) in [5.74, 6) is -2.68. The van der Waals surface area contributed by atoms with E-state index in [9.17, 15) is 0 Å². The van der Waals surface area contributed by atoms with Crippen LogP contribution in [0.1, 0.15) is 12.8 Å². The maximum absolute atomic E-state index is 9.10. The number of carboxylic acid groups (broad SMARTS) is 2. The van der Waals surface area contributed by atoms with Crippen LogP contribution in [-0.2, 0) is 9.59 Å². The van der Waals surface area contributed by atoms with Gasteiger partial charge >= 0.3 is 11.9 Å². The Bertz CT molecular complexity index is 596. The van der Waals surface area contributed by atoms with E-state index >= 15 is 0 Å². The van der Waals surface area contributed by atoms with Gasteiger partial charge in [-0.15, -0.1) is 11.8 Å². The van der Waals surface area contributed by atoms with Crippen molar-refractivity contribution in [3.63, 3.8) is 0 Å². The average Bonchev–Trinajstić information content (AvgIpc) is 2.59. The van der Waals surface area contributed by atoms with Gasteiger partial charge in [0.25, 0.3) is 0 Å². The van der Waals surface area contributed by atoms with Gasteiger partial charge in [-0.1, -0.05) is 15.9 Å². The summed E-state index contributed by atoms with van der Waals surface area (Å²) in [6, 6.07) is 12.5. The van der Waals surface area contributed by atoms with Crippen LogP contribution in [-0.4, -0.2) is 52.4 Å². The molecule has 0 aliphatic heterocycles. The van der Waals surface area contributed by atoms with Gasteiger partial charge < -0.3 is 15.1 Å². The van der Waals surface area contributed by atoms with E-state index < -0.39 is 11.9 Å². The van der Waals surface area contributed by atoms with E-state index in [0.717, 1.165) is 29.9 Å². The molecule has 0 heterocycles. The second-order valence-corrected chi connectivity index (χ2v) is 6.65. The number of carboxylic acids is 2. The lowest BCUT2D eigenvalue weighted by Crippen LogP contribution is -2.28. The summed E-state index contributed by atoms with van der Waals surface area (Å²) in [6.07, 6.45) is 1.04. The highest BCUT2D eigenvalue weighted by molar-refractivity contribution is 9.10. The van der Waals surface area contributed by atoms with Crippen LogP contribution in [0, 0.1) is 22.7 Å². The molecule has 0 amide bonds. The Hall–Kier alpha value is -2.07. The number of halogens is 1. The van der Waals surface area contributed by atoms with Crippen LogP contribution in [0.25, 0.3) is 0 Å². The molecule has 0 saturated heterocycles. The Balaban J connectivity index is 0.000000823. The summed E-state index contributed by atoms with van der Waals surface area (Å²) in [4.78, 5) is 21.6. The summed E-state index contributed by atoms with van der Waals surface area (Å²) in [5.41, 5.74) is 0. The van der Waals surface area contributed by atoms with Gasteiger partial charge in [0.1, 0.15) is 0 Å². The molecule has 0 fully saturated rings. The normalized spacial score (nSPS) is 9.44. The second-order valence-electron chi connectivity index (χ2n) is 4.57. The molecule has 0 atom stereocenters. The van der Waals surface area contributed by atoms with Crippen molar-refractivity contribution >= 4 is 39.6 Å². The molecule has 0 saturated carbocycles. The monoisotopic (exact) mass is 427 g/mol. The molecule has 25 heavy (non-hydrogen) atoms. The Labute approximate surface area is 159 Å². The van der Waals surface area contributed by atoms with Crippen molar-refractivity contribution in [3.05, 3.63) is 28.7 Å². The van der Waals surface area contributed by atoms with E-state index in [1.807, 2.05) is 12.1 Å². The van der Waals surface area contributed by atoms with Gasteiger partial charge in [0.15, 0.2) is 0 Å². The van der Waals surface area contributed by atoms with E-state index in [2.05, 4.69) is 45.1 Å². The molecule has 9 heteroatoms. The van der Waals surface area contributed by atoms with Crippen LogP contribution < -0.4 is 0 Å². The van der Waals surface area contributed by atoms with Crippen LogP contribution >= 0.6 is 27.7 Å². The first-order valence-electron chi connectivity index (χ1n) is 7.21. The summed E-state index contributed by atoms with van der Waals surface area (Å²) in [7, 11) is 0. The molecule has 0 aliphatic rings. The van der Waals surface area contributed by atoms with Crippen LogP contribution in [0.4, 0.5) is 0 Å². The zero-order valence-electron chi connectivity index (χ0n) is 13.4. The molecule has 0 aromatic heterocycles. The first kappa shape index (κ1) is 22.9. The molecule has 0 unspecified atom stereocenters. The summed E-state index contributed by atoms with van der Waals surface area (Å²) < 4.78 is 1.08. The Morgan fingerprint density at radius 2 is 1.48 bits per heavy atom. The Morgan fingerprint density at radius 1 is 1.00 bits per heavy atom. The first-order valence-corrected chi connectivity index (χ1v) is 8.99. The van der Waals surface area contributed by atoms with Crippen LogP contribution in [0.2, 0.25) is 0 Å². The molecule has 0 aliphatic carbocycles. The third kappa shape index (κ3) is 13.0. The van der Waals surface area contributed by atoms with Crippen molar-refractivity contribution in [1.82, 2.24) is 4.90 Å². The SMILES string of the molecule is N#CCCN(CCC#N)CCSc1ccc(Br)cc1.O=C(O)C(=O)O. The van der Waals surface area contributed by atoms with Gasteiger partial charge in [0.05, 0.1) is 12.1 Å². The number of hydrogen-bond acceptors (Lipinski definition) is 6. The van der Waals surface area contributed by atoms with E-state index in [4.69, 9.17) is 30.3 Å². The molecule has 1 aromatic carbocycles. The molecule has 134 valence electrons. The second kappa shape index (κ2) is 14.3. The maximum atomic E-state index is 9.10. The largest absolute Gasteiger partial charge is 0.473 e. The molecule has 0 radical (unpaired) electrons. The van der Waals surface area contributed by atoms with Gasteiger partial charge in [-0.2, -0.15) is 10.5 Å². The smallest absolute Gasteiger partial charge is 0.414 e. The highest BCUT2D eigenvalue weighted by Crippen LogP contribution is 2.20. The third-order valence-electron chi connectivity index (χ3n) is 2.75. The molecular weight excluding hydrogens is 410 g/mol. The molecular formula is C16H18BrN3O4S. The number of thioether (sulfide) groups is 1. The number of rotatable bonds is 8. The van der Waals surface area contributed by atoms with E-state index in [1.54, 1.807) is 11.8 Å². The van der Waals surface area contributed by atoms with E-state index in [1.165, 1.54) is 4.90 Å². The summed E-state index contributed by atoms with van der Waals surface area (Å²) >= 11 is 5.21. The van der Waals surface area contributed by atoms with Crippen LogP contribution in [0.3, 0.4) is 0 Å². The summed E-state index contributed by atoms with van der Waals surface area (Å²) in [5, 5.41) is 32.0. The van der Waals surface area contributed by atoms with Crippen molar-refractivity contribution in [2.75, 3.05) is 25.4 Å². The lowest BCUT2D eigenvalue weighted by Gasteiger charge is -2.19. The van der Waals surface area contributed by atoms with E-state index in [0.29, 0.717) is 12.8 Å². The fraction of sp³-hybridized carbons (Fsp3) is 0.375. The van der Waals surface area contributed by atoms with Gasteiger partial charge in [-0.25, -0.2) is 9.59 Å². The fourth-order valence-electron chi connectivity index (χ4n) is 1.58. The van der Waals surface area contributed by atoms with Gasteiger partial charge in [-0.3, -0.25) is 0 Å². The number of nitriles is 2. The van der Waals surface area contributed by atoms with Crippen molar-refractivity contribution in [3.8, 4) is 12.1 Å². The number of hydrogen-bond donors (Lipinski definition) is 2. The Morgan fingerprint density at radius 3 is 1.88 bits per heavy atom. The van der Waals surface area contributed by atoms with Crippen molar-refractivity contribution in [2.45, 2.75) is 17.7 Å². The van der Waals surface area contributed by atoms with Crippen molar-refractivity contribution < 1.29 is 19.8 Å². The predicted molar refractivity (Wildman–Crippen MR) is 97.0 cm³/mol. The van der Waals surface area contributed by atoms with Crippen LogP contribution in [0.15, 0.2) is 33.6 Å². The number of nitrogens with zero attached hydrogens (tertiary/aromatic N) is 3. The maximum Gasteiger partial charge on any atom is 0.414 e. The average molecular weight is 428 g/mol. The highest BCUT2D eigenvalue weighted by Gasteiger charge is 2.05. The molecule has 1 aromatic rings. The highest BCUT2D eigenvalue weighted by atomic mass is 79.9. The quantitative estimate of drug-likeness (QED) is 0.478. The van der Waals surface area contributed by atoms with Gasteiger partial charge in [0.2, 0.25) is 0 Å². The minimum atomic E-state index is -1.82. The zero-order chi connectivity index (χ0) is 19.1.